The molecule has 61 heavy (non-hydrogen) atoms. The molecule has 4 N–H and O–H groups in total. The molecule has 16 heteroatoms. The minimum Gasteiger partial charge on any atom is -0.456 e. The molecule has 2 saturated carbocycles. The predicted molar refractivity (Wildman–Crippen MR) is 211 cm³/mol. The second kappa shape index (κ2) is 15.4. The summed E-state index contributed by atoms with van der Waals surface area (Å²) in [6.45, 7) is 11.2. The Bertz CT molecular complexity index is 2160. The van der Waals surface area contributed by atoms with Gasteiger partial charge in [-0.2, -0.15) is 0 Å². The number of hydrogen-bond donors (Lipinski definition) is 4. The number of Topliss-reactive ketones (excluding diaryl/α,β-unsaturated/α-hetero) is 1. The summed E-state index contributed by atoms with van der Waals surface area (Å²) in [5.41, 5.74) is -8.49. The maximum Gasteiger partial charge on any atom is 0.338 e. The van der Waals surface area contributed by atoms with Crippen molar-refractivity contribution < 1.29 is 72.5 Å². The monoisotopic (exact) mass is 847 g/mol. The number of nitrogens with one attached hydrogen (secondary N) is 1. The number of carbonyl (C=O) groups excluding carboxylic acids is 6. The minimum absolute atomic E-state index is 0.00407. The molecule has 16 nitrogen and oxygen atoms in total. The molecule has 1 amide bonds. The number of aliphatic hydroxyl groups excluding tert-OH is 2. The molecule has 5 aliphatic rings. The van der Waals surface area contributed by atoms with Crippen molar-refractivity contribution in [2.75, 3.05) is 6.61 Å². The molecule has 2 aliphatic heterocycles. The average Bonchev–Trinajstić information content (AvgIpc) is 3.84. The van der Waals surface area contributed by atoms with Gasteiger partial charge in [-0.25, -0.2) is 9.59 Å². The van der Waals surface area contributed by atoms with Gasteiger partial charge in [-0.15, -0.1) is 0 Å². The quantitative estimate of drug-likeness (QED) is 0.117. The first-order chi connectivity index (χ1) is 28.5. The van der Waals surface area contributed by atoms with Crippen LogP contribution < -0.4 is 5.32 Å². The second-order valence-corrected chi connectivity index (χ2v) is 17.9. The number of epoxide rings is 1. The zero-order valence-corrected chi connectivity index (χ0v) is 35.3. The van der Waals surface area contributed by atoms with E-state index in [2.05, 4.69) is 5.32 Å². The molecule has 328 valence electrons. The van der Waals surface area contributed by atoms with E-state index in [4.69, 9.17) is 28.4 Å². The molecule has 0 unspecified atom stereocenters. The van der Waals surface area contributed by atoms with Crippen LogP contribution in [0.1, 0.15) is 90.2 Å². The fourth-order valence-electron chi connectivity index (χ4n) is 10.2. The summed E-state index contributed by atoms with van der Waals surface area (Å²) >= 11 is 0. The number of fused-ring (bicyclic) bond motifs is 5. The van der Waals surface area contributed by atoms with Crippen molar-refractivity contribution in [3.63, 3.8) is 0 Å². The highest BCUT2D eigenvalue weighted by Crippen LogP contribution is 2.64. The van der Waals surface area contributed by atoms with Crippen LogP contribution in [-0.4, -0.2) is 117 Å². The van der Waals surface area contributed by atoms with Crippen LogP contribution in [0.3, 0.4) is 0 Å². The Balaban J connectivity index is 1.39. The van der Waals surface area contributed by atoms with Crippen LogP contribution in [0.5, 0.6) is 0 Å². The lowest BCUT2D eigenvalue weighted by molar-refractivity contribution is -0.346. The summed E-state index contributed by atoms with van der Waals surface area (Å²) in [5, 5.41) is 40.2. The Morgan fingerprint density at radius 3 is 2.05 bits per heavy atom. The SMILES string of the molecule is CC(=O)O[C@H]1C(=O)[C@@]2(C)[C@H]([C@H](OC(=O)c3ccccc3)[C@]3(O)C[C@H](OC(=O)[C@H](O)[C@@H](NC(=O)[C@@]4(C)O[C@@H]4C)c4ccccc4)C(C)=C1C3(C)C)[C@]1(OC(C)=O)CO[C@@H]1C[C@@H]2O. The number of rotatable bonds is 10. The standard InChI is InChI=1S/C45H53NO15/c1-22-28(58-39(53)33(50)32(26-15-11-9-12-16-26)46-40(54)43(8)23(2)60-43)20-45(55)37(59-38(52)27-17-13-10-14-18-27)35-42(7,29(49)19-30-44(35,21-56-30)61-25(4)48)36(51)34(57-24(3)47)31(22)41(45,5)6/h9-18,23,28-30,32-35,37,49-50,55H,19-21H2,1-8H3,(H,46,54)/t23-,28+,29+,30-,32+,33-,34-,35+,37+,42-,43+,44+,45-/m1/s1. The number of aliphatic hydroxyl groups is 3. The van der Waals surface area contributed by atoms with Gasteiger partial charge >= 0.3 is 23.9 Å². The third-order valence-corrected chi connectivity index (χ3v) is 14.0. The van der Waals surface area contributed by atoms with Crippen LogP contribution >= 0.6 is 0 Å². The number of amides is 1. The van der Waals surface area contributed by atoms with E-state index < -0.39 is 124 Å². The van der Waals surface area contributed by atoms with Gasteiger partial charge in [-0.05, 0) is 56.5 Å². The molecular formula is C45H53NO15. The number of esters is 4. The minimum atomic E-state index is -2.39. The number of ketones is 1. The maximum atomic E-state index is 15.5. The van der Waals surface area contributed by atoms with E-state index in [0.717, 1.165) is 13.8 Å². The smallest absolute Gasteiger partial charge is 0.338 e. The molecule has 2 saturated heterocycles. The lowest BCUT2D eigenvalue weighted by Gasteiger charge is -2.67. The van der Waals surface area contributed by atoms with Gasteiger partial charge in [-0.1, -0.05) is 62.4 Å². The Kier molecular flexibility index (Phi) is 11.1. The lowest BCUT2D eigenvalue weighted by Crippen LogP contribution is -2.82. The van der Waals surface area contributed by atoms with Gasteiger partial charge < -0.3 is 49.1 Å². The summed E-state index contributed by atoms with van der Waals surface area (Å²) in [5.74, 6) is -6.84. The van der Waals surface area contributed by atoms with Gasteiger partial charge in [0.2, 0.25) is 0 Å². The van der Waals surface area contributed by atoms with Crippen molar-refractivity contribution in [1.82, 2.24) is 5.32 Å². The van der Waals surface area contributed by atoms with Crippen molar-refractivity contribution >= 4 is 35.6 Å². The Morgan fingerprint density at radius 2 is 1.51 bits per heavy atom. The van der Waals surface area contributed by atoms with Crippen LogP contribution in [0.25, 0.3) is 0 Å². The Labute approximate surface area is 352 Å². The Hall–Kier alpha value is -5.00. The van der Waals surface area contributed by atoms with Crippen molar-refractivity contribution in [2.45, 2.75) is 134 Å². The second-order valence-electron chi connectivity index (χ2n) is 17.9. The number of hydrogen-bond acceptors (Lipinski definition) is 15. The van der Waals surface area contributed by atoms with Crippen LogP contribution in [0.2, 0.25) is 0 Å². The van der Waals surface area contributed by atoms with Crippen molar-refractivity contribution in [3.05, 3.63) is 82.9 Å². The molecule has 2 aromatic carbocycles. The zero-order chi connectivity index (χ0) is 44.6. The molecular weight excluding hydrogens is 794 g/mol. The maximum absolute atomic E-state index is 15.5. The van der Waals surface area contributed by atoms with Gasteiger partial charge in [-0.3, -0.25) is 19.2 Å². The fourth-order valence-corrected chi connectivity index (χ4v) is 10.2. The van der Waals surface area contributed by atoms with Crippen LogP contribution in [-0.2, 0) is 52.4 Å². The van der Waals surface area contributed by atoms with Gasteiger partial charge in [0.05, 0.1) is 41.8 Å². The molecule has 0 aromatic heterocycles. The fraction of sp³-hybridized carbons (Fsp3) is 0.556. The third-order valence-electron chi connectivity index (χ3n) is 14.0. The summed E-state index contributed by atoms with van der Waals surface area (Å²) in [6, 6.07) is 14.7. The highest BCUT2D eigenvalue weighted by molar-refractivity contribution is 5.96. The summed E-state index contributed by atoms with van der Waals surface area (Å²) in [7, 11) is 0. The highest BCUT2D eigenvalue weighted by Gasteiger charge is 2.78. The molecule has 4 fully saturated rings. The first-order valence-electron chi connectivity index (χ1n) is 20.4. The van der Waals surface area contributed by atoms with Gasteiger partial charge in [0.1, 0.15) is 23.9 Å². The van der Waals surface area contributed by atoms with Crippen LogP contribution in [0.4, 0.5) is 0 Å². The van der Waals surface area contributed by atoms with E-state index in [9.17, 15) is 39.3 Å². The van der Waals surface area contributed by atoms with E-state index in [0.29, 0.717) is 5.56 Å². The summed E-state index contributed by atoms with van der Waals surface area (Å²) in [6.07, 6.45) is -10.9. The average molecular weight is 848 g/mol. The zero-order valence-electron chi connectivity index (χ0n) is 35.3. The Morgan fingerprint density at radius 1 is 0.902 bits per heavy atom. The molecule has 2 heterocycles. The van der Waals surface area contributed by atoms with E-state index in [-0.39, 0.29) is 29.7 Å². The summed E-state index contributed by atoms with van der Waals surface area (Å²) < 4.78 is 35.7. The number of benzene rings is 2. The van der Waals surface area contributed by atoms with E-state index in [1.165, 1.54) is 26.0 Å². The van der Waals surface area contributed by atoms with Crippen molar-refractivity contribution in [1.29, 1.82) is 0 Å². The molecule has 0 radical (unpaired) electrons. The molecule has 2 bridgehead atoms. The topological polar surface area (TPSA) is 234 Å². The normalized spacial score (nSPS) is 36.8. The number of ether oxygens (including phenoxy) is 6. The molecule has 2 aromatic rings. The first kappa shape index (κ1) is 44.1. The third kappa shape index (κ3) is 6.96. The van der Waals surface area contributed by atoms with Crippen LogP contribution in [0.15, 0.2) is 71.8 Å². The molecule has 3 aliphatic carbocycles. The molecule has 13 atom stereocenters. The number of carbonyl (C=O) groups is 6. The van der Waals surface area contributed by atoms with E-state index >= 15 is 4.79 Å². The van der Waals surface area contributed by atoms with Crippen LogP contribution in [0, 0.1) is 16.7 Å². The van der Waals surface area contributed by atoms with Crippen molar-refractivity contribution in [3.8, 4) is 0 Å². The molecule has 0 spiro atoms. The highest BCUT2D eigenvalue weighted by atomic mass is 16.6. The van der Waals surface area contributed by atoms with E-state index in [1.807, 2.05) is 0 Å². The molecule has 7 rings (SSSR count). The van der Waals surface area contributed by atoms with Crippen molar-refractivity contribution in [2.24, 2.45) is 16.7 Å². The van der Waals surface area contributed by atoms with Gasteiger partial charge in [0, 0.05) is 32.1 Å². The largest absolute Gasteiger partial charge is 0.456 e. The lowest BCUT2D eigenvalue weighted by atomic mass is 9.44. The van der Waals surface area contributed by atoms with Gasteiger partial charge in [0.25, 0.3) is 5.91 Å². The van der Waals surface area contributed by atoms with Gasteiger partial charge in [0.15, 0.2) is 29.2 Å². The van der Waals surface area contributed by atoms with E-state index in [1.54, 1.807) is 76.2 Å². The summed E-state index contributed by atoms with van der Waals surface area (Å²) in [4.78, 5) is 83.3. The first-order valence-corrected chi connectivity index (χ1v) is 20.4. The predicted octanol–water partition coefficient (Wildman–Crippen LogP) is 2.60.